The Balaban J connectivity index is 1.19. The molecule has 0 saturated heterocycles. The van der Waals surface area contributed by atoms with Gasteiger partial charge in [0.1, 0.15) is 13.7 Å². The van der Waals surface area contributed by atoms with E-state index in [2.05, 4.69) is 55.3 Å². The Morgan fingerprint density at radius 2 is 1.79 bits per heavy atom. The minimum atomic E-state index is -0.646. The first-order chi connectivity index (χ1) is 18.5. The summed E-state index contributed by atoms with van der Waals surface area (Å²) in [5, 5.41) is 10.8. The van der Waals surface area contributed by atoms with Crippen molar-refractivity contribution in [3.8, 4) is 0 Å². The van der Waals surface area contributed by atoms with Gasteiger partial charge in [-0.1, -0.05) is 54.6 Å². The molecule has 38 heavy (non-hydrogen) atoms. The van der Waals surface area contributed by atoms with Crippen LogP contribution in [-0.2, 0) is 17.6 Å². The Bertz CT molecular complexity index is 1540. The van der Waals surface area contributed by atoms with Crippen LogP contribution in [0.1, 0.15) is 11.1 Å². The van der Waals surface area contributed by atoms with Crippen LogP contribution in [0.25, 0.3) is 10.9 Å². The first-order valence-electron chi connectivity index (χ1n) is 12.6. The van der Waals surface area contributed by atoms with E-state index in [-0.39, 0.29) is 5.91 Å². The zero-order valence-corrected chi connectivity index (χ0v) is 21.2. The van der Waals surface area contributed by atoms with Gasteiger partial charge in [-0.05, 0) is 53.7 Å². The van der Waals surface area contributed by atoms with Gasteiger partial charge in [-0.3, -0.25) is 4.79 Å². The number of H-pyrrole nitrogens is 1. The molecule has 2 heterocycles. The minimum absolute atomic E-state index is 0.237. The molecule has 8 nitrogen and oxygen atoms in total. The average Bonchev–Trinajstić information content (AvgIpc) is 3.34. The topological polar surface area (TPSA) is 121 Å². The number of rotatable bonds is 10. The molecule has 0 bridgehead atoms. The van der Waals surface area contributed by atoms with E-state index in [9.17, 15) is 4.79 Å². The lowest BCUT2D eigenvalue weighted by Crippen LogP contribution is -2.37. The number of aromatic amines is 1. The second-order valence-electron chi connectivity index (χ2n) is 9.25. The van der Waals surface area contributed by atoms with Crippen LogP contribution in [0.15, 0.2) is 91.3 Å². The van der Waals surface area contributed by atoms with Crippen LogP contribution in [0.5, 0.6) is 0 Å². The van der Waals surface area contributed by atoms with Crippen molar-refractivity contribution < 1.29 is 4.79 Å². The summed E-state index contributed by atoms with van der Waals surface area (Å²) in [4.78, 5) is 25.0. The maximum Gasteiger partial charge on any atom is 0.241 e. The number of carbonyl (C=O) groups excluding carboxylic acids is 1. The molecule has 2 aromatic heterocycles. The number of nitrogens with one attached hydrogen (secondary N) is 4. The molecule has 5 aromatic rings. The highest BCUT2D eigenvalue weighted by Gasteiger charge is 2.14. The molecule has 0 fully saturated rings. The first-order valence-corrected chi connectivity index (χ1v) is 12.6. The van der Waals surface area contributed by atoms with Gasteiger partial charge in [-0.15, -0.1) is 0 Å². The molecule has 1 amide bonds. The van der Waals surface area contributed by atoms with E-state index < -0.39 is 6.04 Å². The zero-order valence-electron chi connectivity index (χ0n) is 21.2. The fraction of sp³-hybridized carbons (Fsp3) is 0.138. The van der Waals surface area contributed by atoms with Gasteiger partial charge in [0.05, 0.1) is 6.04 Å². The normalized spacial score (nSPS) is 11.7. The molecule has 1 atom stereocenters. The van der Waals surface area contributed by atoms with Crippen LogP contribution in [0, 0.1) is 0 Å². The highest BCUT2D eigenvalue weighted by molar-refractivity contribution is 6.35. The monoisotopic (exact) mass is 503 g/mol. The molecule has 9 heteroatoms. The number of hydrogen-bond donors (Lipinski definition) is 5. The third-order valence-corrected chi connectivity index (χ3v) is 6.35. The van der Waals surface area contributed by atoms with Crippen molar-refractivity contribution >= 4 is 53.3 Å². The van der Waals surface area contributed by atoms with E-state index in [0.717, 1.165) is 41.0 Å². The molecule has 0 aliphatic rings. The fourth-order valence-corrected chi connectivity index (χ4v) is 4.33. The molecule has 1 unspecified atom stereocenters. The average molecular weight is 503 g/mol. The van der Waals surface area contributed by atoms with Gasteiger partial charge < -0.3 is 26.7 Å². The van der Waals surface area contributed by atoms with Crippen LogP contribution in [-0.4, -0.2) is 41.3 Å². The Hall–Kier alpha value is -4.63. The molecule has 3 aromatic carbocycles. The molecule has 0 spiro atoms. The second-order valence-corrected chi connectivity index (χ2v) is 9.25. The largest absolute Gasteiger partial charge is 0.370 e. The van der Waals surface area contributed by atoms with Gasteiger partial charge in [0.15, 0.2) is 0 Å². The predicted molar refractivity (Wildman–Crippen MR) is 157 cm³/mol. The zero-order chi connectivity index (χ0) is 26.3. The number of aromatic nitrogens is 3. The number of nitrogens with zero attached hydrogens (tertiary/aromatic N) is 2. The van der Waals surface area contributed by atoms with Gasteiger partial charge in [-0.25, -0.2) is 4.98 Å². The molecule has 0 radical (unpaired) electrons. The van der Waals surface area contributed by atoms with E-state index in [1.54, 1.807) is 6.20 Å². The van der Waals surface area contributed by atoms with E-state index >= 15 is 0 Å². The number of amides is 1. The van der Waals surface area contributed by atoms with Crippen molar-refractivity contribution in [3.05, 3.63) is 102 Å². The number of anilines is 4. The predicted octanol–water partition coefficient (Wildman–Crippen LogP) is 3.12. The smallest absolute Gasteiger partial charge is 0.241 e. The molecule has 6 N–H and O–H groups in total. The van der Waals surface area contributed by atoms with Crippen molar-refractivity contribution in [3.63, 3.8) is 0 Å². The number of hydrogen-bond acceptors (Lipinski definition) is 6. The maximum atomic E-state index is 12.6. The molecular formula is C29H30BN7O. The van der Waals surface area contributed by atoms with Crippen LogP contribution in [0.4, 0.5) is 23.1 Å². The van der Waals surface area contributed by atoms with Crippen LogP contribution < -0.4 is 27.1 Å². The Morgan fingerprint density at radius 1 is 1.00 bits per heavy atom. The summed E-state index contributed by atoms with van der Waals surface area (Å²) < 4.78 is 0. The fourth-order valence-electron chi connectivity index (χ4n) is 4.33. The van der Waals surface area contributed by atoms with Crippen LogP contribution in [0.2, 0.25) is 0 Å². The van der Waals surface area contributed by atoms with Gasteiger partial charge in [0.2, 0.25) is 11.9 Å². The highest BCUT2D eigenvalue weighted by atomic mass is 16.2. The lowest BCUT2D eigenvalue weighted by atomic mass is 9.99. The number of nitrogens with two attached hydrogens (primary N) is 1. The van der Waals surface area contributed by atoms with Gasteiger partial charge in [-0.2, -0.15) is 4.98 Å². The number of carbonyl (C=O) groups is 1. The number of fused-ring (bicyclic) bond motifs is 1. The molecule has 0 saturated carbocycles. The van der Waals surface area contributed by atoms with Crippen molar-refractivity contribution in [1.29, 1.82) is 0 Å². The molecule has 5 rings (SSSR count). The van der Waals surface area contributed by atoms with Crippen molar-refractivity contribution in [2.24, 2.45) is 5.73 Å². The summed E-state index contributed by atoms with van der Waals surface area (Å²) in [6.07, 6.45) is 5.19. The number of para-hydroxylation sites is 1. The van der Waals surface area contributed by atoms with Crippen LogP contribution >= 0.6 is 0 Å². The summed E-state index contributed by atoms with van der Waals surface area (Å²) in [7, 11) is 1.98. The standard InChI is InChI=1S/C29H30BN7O/c30-24-18-34-29(37-27(24)32-14-13-20-17-33-26-12-5-4-11-23(20)26)36-22-10-6-9-21(16-22)35-28(38)25(31)15-19-7-2-1-3-8-19/h1-12,16-18,25,33H,13-15,30-31H2,(H,35,38)(H2,32,34,36,37). The van der Waals surface area contributed by atoms with Gasteiger partial charge >= 0.3 is 0 Å². The summed E-state index contributed by atoms with van der Waals surface area (Å²) in [5.74, 6) is 1.01. The third kappa shape index (κ3) is 6.19. The van der Waals surface area contributed by atoms with Gasteiger partial charge in [0, 0.05) is 41.2 Å². The second kappa shape index (κ2) is 11.6. The first kappa shape index (κ1) is 25.0. The lowest BCUT2D eigenvalue weighted by Gasteiger charge is -2.14. The summed E-state index contributed by atoms with van der Waals surface area (Å²) in [6, 6.07) is 24.8. The van der Waals surface area contributed by atoms with Crippen molar-refractivity contribution in [2.45, 2.75) is 18.9 Å². The van der Waals surface area contributed by atoms with E-state index in [1.165, 1.54) is 10.9 Å². The van der Waals surface area contributed by atoms with Crippen molar-refractivity contribution in [2.75, 3.05) is 22.5 Å². The highest BCUT2D eigenvalue weighted by Crippen LogP contribution is 2.20. The molecule has 0 aliphatic carbocycles. The lowest BCUT2D eigenvalue weighted by molar-refractivity contribution is -0.117. The SMILES string of the molecule is Bc1cnc(Nc2cccc(NC(=O)C(N)Cc3ccccc3)c2)nc1NCCc1c[nH]c2ccccc12. The van der Waals surface area contributed by atoms with Crippen molar-refractivity contribution in [1.82, 2.24) is 15.0 Å². The Kier molecular flexibility index (Phi) is 7.66. The molecular weight excluding hydrogens is 473 g/mol. The Labute approximate surface area is 222 Å². The molecule has 0 aliphatic heterocycles. The van der Waals surface area contributed by atoms with E-state index in [0.29, 0.717) is 18.1 Å². The molecule has 190 valence electrons. The number of benzene rings is 3. The summed E-state index contributed by atoms with van der Waals surface area (Å²) in [5.41, 5.74) is 11.9. The van der Waals surface area contributed by atoms with Crippen LogP contribution in [0.3, 0.4) is 0 Å². The minimum Gasteiger partial charge on any atom is -0.370 e. The summed E-state index contributed by atoms with van der Waals surface area (Å²) in [6.45, 7) is 0.740. The van der Waals surface area contributed by atoms with E-state index in [4.69, 9.17) is 5.73 Å². The van der Waals surface area contributed by atoms with E-state index in [1.807, 2.05) is 68.5 Å². The quantitative estimate of drug-likeness (QED) is 0.187. The Morgan fingerprint density at radius 3 is 2.66 bits per heavy atom. The third-order valence-electron chi connectivity index (χ3n) is 6.35. The summed E-state index contributed by atoms with van der Waals surface area (Å²) >= 11 is 0. The van der Waals surface area contributed by atoms with Gasteiger partial charge in [0.25, 0.3) is 0 Å². The maximum absolute atomic E-state index is 12.6.